The summed E-state index contributed by atoms with van der Waals surface area (Å²) in [7, 11) is 0. The average molecular weight is 453 g/mol. The van der Waals surface area contributed by atoms with Gasteiger partial charge in [-0.15, -0.1) is 0 Å². The molecule has 2 aromatic carbocycles. The molecule has 0 amide bonds. The maximum absolute atomic E-state index is 6.10. The van der Waals surface area contributed by atoms with Crippen LogP contribution in [0.4, 0.5) is 0 Å². The number of ether oxygens (including phenoxy) is 2. The van der Waals surface area contributed by atoms with E-state index in [9.17, 15) is 0 Å². The molecule has 1 atom stereocenters. The van der Waals surface area contributed by atoms with Crippen LogP contribution in [0.3, 0.4) is 0 Å². The molecular weight excluding hydrogens is 404 g/mol. The summed E-state index contributed by atoms with van der Waals surface area (Å²) in [4.78, 5) is 0. The zero-order valence-electron chi connectivity index (χ0n) is 21.6. The highest BCUT2D eigenvalue weighted by molar-refractivity contribution is 5.64. The predicted molar refractivity (Wildman–Crippen MR) is 143 cm³/mol. The van der Waals surface area contributed by atoms with E-state index >= 15 is 0 Å². The van der Waals surface area contributed by atoms with E-state index in [1.54, 1.807) is 0 Å². The molecule has 0 radical (unpaired) electrons. The van der Waals surface area contributed by atoms with Crippen LogP contribution in [0.15, 0.2) is 48.5 Å². The fourth-order valence-electron chi connectivity index (χ4n) is 4.15. The topological polar surface area (TPSA) is 18.5 Å². The number of hydrogen-bond acceptors (Lipinski definition) is 2. The third-order valence-corrected chi connectivity index (χ3v) is 6.45. The van der Waals surface area contributed by atoms with Crippen molar-refractivity contribution >= 4 is 0 Å². The molecule has 0 aliphatic heterocycles. The van der Waals surface area contributed by atoms with Gasteiger partial charge >= 0.3 is 0 Å². The largest absolute Gasteiger partial charge is 0.494 e. The van der Waals surface area contributed by atoms with Crippen LogP contribution in [0.25, 0.3) is 11.1 Å². The third-order valence-electron chi connectivity index (χ3n) is 6.45. The number of benzene rings is 2. The molecule has 2 aromatic rings. The van der Waals surface area contributed by atoms with Gasteiger partial charge in [0.05, 0.1) is 12.7 Å². The van der Waals surface area contributed by atoms with Crippen molar-refractivity contribution in [2.75, 3.05) is 13.2 Å². The predicted octanol–water partition coefficient (Wildman–Crippen LogP) is 9.92. The Labute approximate surface area is 204 Å². The van der Waals surface area contributed by atoms with Crippen molar-refractivity contribution in [3.8, 4) is 16.9 Å². The molecule has 0 bridgehead atoms. The first-order valence-corrected chi connectivity index (χ1v) is 13.7. The molecule has 2 rings (SSSR count). The Morgan fingerprint density at radius 1 is 0.545 bits per heavy atom. The van der Waals surface area contributed by atoms with Gasteiger partial charge in [0.1, 0.15) is 5.75 Å². The summed E-state index contributed by atoms with van der Waals surface area (Å²) in [6.45, 7) is 8.28. The molecule has 0 N–H and O–H groups in total. The van der Waals surface area contributed by atoms with Gasteiger partial charge in [-0.3, -0.25) is 0 Å². The van der Waals surface area contributed by atoms with Gasteiger partial charge in [-0.2, -0.15) is 0 Å². The van der Waals surface area contributed by atoms with Crippen LogP contribution in [0.1, 0.15) is 116 Å². The van der Waals surface area contributed by atoms with Gasteiger partial charge < -0.3 is 9.47 Å². The Morgan fingerprint density at radius 3 is 1.58 bits per heavy atom. The van der Waals surface area contributed by atoms with Crippen molar-refractivity contribution in [2.24, 2.45) is 0 Å². The molecule has 33 heavy (non-hydrogen) atoms. The molecular formula is C31H48O2. The van der Waals surface area contributed by atoms with E-state index in [2.05, 4.69) is 69.3 Å². The Balaban J connectivity index is 1.59. The molecule has 0 heterocycles. The molecule has 0 aromatic heterocycles. The molecule has 0 aliphatic carbocycles. The minimum Gasteiger partial charge on any atom is -0.494 e. The lowest BCUT2D eigenvalue weighted by Crippen LogP contribution is -2.01. The lowest BCUT2D eigenvalue weighted by atomic mass is 10.0. The molecule has 2 nitrogen and oxygen atoms in total. The summed E-state index contributed by atoms with van der Waals surface area (Å²) < 4.78 is 11.9. The number of unbranched alkanes of at least 4 members (excludes halogenated alkanes) is 11. The highest BCUT2D eigenvalue weighted by atomic mass is 16.5. The van der Waals surface area contributed by atoms with Crippen LogP contribution in [0.2, 0.25) is 0 Å². The zero-order chi connectivity index (χ0) is 23.6. The minimum absolute atomic E-state index is 0.150. The normalized spacial score (nSPS) is 12.1. The molecule has 0 saturated carbocycles. The maximum Gasteiger partial charge on any atom is 0.119 e. The molecule has 0 spiro atoms. The van der Waals surface area contributed by atoms with Crippen molar-refractivity contribution in [3.05, 3.63) is 54.1 Å². The van der Waals surface area contributed by atoms with Crippen molar-refractivity contribution < 1.29 is 9.47 Å². The first-order valence-electron chi connectivity index (χ1n) is 13.7. The summed E-state index contributed by atoms with van der Waals surface area (Å²) in [6, 6.07) is 17.2. The first-order chi connectivity index (χ1) is 16.2. The van der Waals surface area contributed by atoms with Crippen LogP contribution >= 0.6 is 0 Å². The summed E-state index contributed by atoms with van der Waals surface area (Å²) in [6.07, 6.45) is 17.5. The van der Waals surface area contributed by atoms with E-state index in [1.165, 1.54) is 87.3 Å². The third kappa shape index (κ3) is 11.8. The summed E-state index contributed by atoms with van der Waals surface area (Å²) in [5.74, 6) is 0.952. The SMILES string of the molecule is CCCCCCCCCCCCCOC(C)c1ccc(-c2ccc(OCCCC)cc2)cc1. The van der Waals surface area contributed by atoms with Crippen LogP contribution in [-0.4, -0.2) is 13.2 Å². The molecule has 1 unspecified atom stereocenters. The Kier molecular flexibility index (Phi) is 14.7. The first kappa shape index (κ1) is 27.4. The quantitative estimate of drug-likeness (QED) is 0.197. The van der Waals surface area contributed by atoms with E-state index in [1.807, 2.05) is 0 Å². The number of rotatable bonds is 19. The van der Waals surface area contributed by atoms with Crippen LogP contribution in [-0.2, 0) is 4.74 Å². The lowest BCUT2D eigenvalue weighted by molar-refractivity contribution is 0.0627. The maximum atomic E-state index is 6.10. The minimum atomic E-state index is 0.150. The fraction of sp³-hybridized carbons (Fsp3) is 0.613. The smallest absolute Gasteiger partial charge is 0.119 e. The summed E-state index contributed by atoms with van der Waals surface area (Å²) >= 11 is 0. The highest BCUT2D eigenvalue weighted by Gasteiger charge is 2.07. The van der Waals surface area contributed by atoms with Crippen LogP contribution in [0.5, 0.6) is 5.75 Å². The Bertz CT molecular complexity index is 705. The van der Waals surface area contributed by atoms with Crippen molar-refractivity contribution in [3.63, 3.8) is 0 Å². The lowest BCUT2D eigenvalue weighted by Gasteiger charge is -2.14. The zero-order valence-corrected chi connectivity index (χ0v) is 21.6. The van der Waals surface area contributed by atoms with Crippen molar-refractivity contribution in [1.29, 1.82) is 0 Å². The van der Waals surface area contributed by atoms with Gasteiger partial charge in [0.25, 0.3) is 0 Å². The second kappa shape index (κ2) is 17.6. The second-order valence-corrected chi connectivity index (χ2v) is 9.40. The summed E-state index contributed by atoms with van der Waals surface area (Å²) in [5.41, 5.74) is 3.71. The average Bonchev–Trinajstić information content (AvgIpc) is 2.85. The second-order valence-electron chi connectivity index (χ2n) is 9.40. The molecule has 0 saturated heterocycles. The van der Waals surface area contributed by atoms with Gasteiger partial charge in [-0.05, 0) is 48.6 Å². The van der Waals surface area contributed by atoms with Crippen molar-refractivity contribution in [2.45, 2.75) is 110 Å². The van der Waals surface area contributed by atoms with E-state index in [0.29, 0.717) is 0 Å². The van der Waals surface area contributed by atoms with Gasteiger partial charge in [-0.25, -0.2) is 0 Å². The van der Waals surface area contributed by atoms with E-state index in [-0.39, 0.29) is 6.10 Å². The van der Waals surface area contributed by atoms with E-state index < -0.39 is 0 Å². The van der Waals surface area contributed by atoms with Gasteiger partial charge in [0, 0.05) is 6.61 Å². The van der Waals surface area contributed by atoms with Crippen LogP contribution in [0, 0.1) is 0 Å². The standard InChI is InChI=1S/C31H48O2/c1-4-6-8-9-10-11-12-13-14-15-16-26-32-27(3)28-17-19-29(20-18-28)30-21-23-31(24-22-30)33-25-7-5-2/h17-24,27H,4-16,25-26H2,1-3H3. The monoisotopic (exact) mass is 452 g/mol. The van der Waals surface area contributed by atoms with Gasteiger partial charge in [-0.1, -0.05) is 121 Å². The van der Waals surface area contributed by atoms with Crippen molar-refractivity contribution in [1.82, 2.24) is 0 Å². The van der Waals surface area contributed by atoms with E-state index in [4.69, 9.17) is 9.47 Å². The molecule has 2 heteroatoms. The Morgan fingerprint density at radius 2 is 1.03 bits per heavy atom. The summed E-state index contributed by atoms with van der Waals surface area (Å²) in [5, 5.41) is 0. The fourth-order valence-corrected chi connectivity index (χ4v) is 4.15. The van der Waals surface area contributed by atoms with Crippen LogP contribution < -0.4 is 4.74 Å². The molecule has 0 fully saturated rings. The van der Waals surface area contributed by atoms with Gasteiger partial charge in [0.15, 0.2) is 0 Å². The highest BCUT2D eigenvalue weighted by Crippen LogP contribution is 2.25. The Hall–Kier alpha value is -1.80. The molecule has 184 valence electrons. The van der Waals surface area contributed by atoms with Gasteiger partial charge in [0.2, 0.25) is 0 Å². The number of hydrogen-bond donors (Lipinski definition) is 0. The van der Waals surface area contributed by atoms with E-state index in [0.717, 1.165) is 31.8 Å². The molecule has 0 aliphatic rings.